The van der Waals surface area contributed by atoms with Gasteiger partial charge in [0.2, 0.25) is 5.91 Å². The molecule has 5 heteroatoms. The largest absolute Gasteiger partial charge is 0.337 e. The Hall–Kier alpha value is -2.95. The molecule has 1 saturated heterocycles. The average molecular weight is 347 g/mol. The molecule has 132 valence electrons. The molecule has 0 saturated carbocycles. The lowest BCUT2D eigenvalue weighted by molar-refractivity contribution is -0.135. The van der Waals surface area contributed by atoms with E-state index in [9.17, 15) is 4.79 Å². The zero-order valence-electron chi connectivity index (χ0n) is 14.5. The highest BCUT2D eigenvalue weighted by Gasteiger charge is 2.32. The van der Waals surface area contributed by atoms with Gasteiger partial charge in [-0.25, -0.2) is 0 Å². The zero-order valence-corrected chi connectivity index (χ0v) is 14.5. The number of rotatable bonds is 5. The highest BCUT2D eigenvalue weighted by atomic mass is 16.5. The molecule has 0 spiro atoms. The highest BCUT2D eigenvalue weighted by Crippen LogP contribution is 2.30. The minimum Gasteiger partial charge on any atom is -0.337 e. The Balaban J connectivity index is 1.65. The molecule has 0 bridgehead atoms. The van der Waals surface area contributed by atoms with Crippen molar-refractivity contribution in [1.29, 1.82) is 0 Å². The standard InChI is InChI=1S/C21H21N3O2/c25-19-13-7-8-14-24(19)20(17-11-5-2-6-12-17)21-22-18(23-26-21)15-16-9-3-1-4-10-16/h1-6,9-12,20H,7-8,13-15H2. The van der Waals surface area contributed by atoms with Crippen molar-refractivity contribution in [3.8, 4) is 0 Å². The Kier molecular flexibility index (Phi) is 4.78. The summed E-state index contributed by atoms with van der Waals surface area (Å²) in [5, 5.41) is 4.15. The van der Waals surface area contributed by atoms with Crippen LogP contribution in [0.15, 0.2) is 65.2 Å². The van der Waals surface area contributed by atoms with E-state index in [1.54, 1.807) is 0 Å². The number of amides is 1. The lowest BCUT2D eigenvalue weighted by Gasteiger charge is -2.32. The van der Waals surface area contributed by atoms with Crippen LogP contribution in [0, 0.1) is 0 Å². The highest BCUT2D eigenvalue weighted by molar-refractivity contribution is 5.77. The number of benzene rings is 2. The van der Waals surface area contributed by atoms with Gasteiger partial charge in [-0.3, -0.25) is 4.79 Å². The number of aromatic nitrogens is 2. The number of carbonyl (C=O) groups excluding carboxylic acids is 1. The molecule has 2 aromatic carbocycles. The third kappa shape index (κ3) is 3.52. The first-order valence-corrected chi connectivity index (χ1v) is 9.02. The first-order chi connectivity index (χ1) is 12.8. The van der Waals surface area contributed by atoms with Gasteiger partial charge in [-0.15, -0.1) is 0 Å². The minimum absolute atomic E-state index is 0.146. The number of hydrogen-bond acceptors (Lipinski definition) is 4. The molecule has 1 amide bonds. The molecule has 0 radical (unpaired) electrons. The van der Waals surface area contributed by atoms with E-state index in [0.717, 1.165) is 30.5 Å². The van der Waals surface area contributed by atoms with Gasteiger partial charge < -0.3 is 9.42 Å². The predicted octanol–water partition coefficient (Wildman–Crippen LogP) is 3.76. The summed E-state index contributed by atoms with van der Waals surface area (Å²) in [4.78, 5) is 19.0. The second kappa shape index (κ2) is 7.52. The van der Waals surface area contributed by atoms with Crippen LogP contribution >= 0.6 is 0 Å². The van der Waals surface area contributed by atoms with E-state index in [4.69, 9.17) is 4.52 Å². The van der Waals surface area contributed by atoms with Gasteiger partial charge in [-0.2, -0.15) is 4.98 Å². The summed E-state index contributed by atoms with van der Waals surface area (Å²) in [6, 6.07) is 19.7. The maximum Gasteiger partial charge on any atom is 0.254 e. The monoisotopic (exact) mass is 347 g/mol. The molecule has 1 aliphatic heterocycles. The molecule has 0 N–H and O–H groups in total. The fraction of sp³-hybridized carbons (Fsp3) is 0.286. The third-order valence-electron chi connectivity index (χ3n) is 4.71. The summed E-state index contributed by atoms with van der Waals surface area (Å²) in [6.07, 6.45) is 3.13. The molecule has 1 aromatic heterocycles. The van der Waals surface area contributed by atoms with Crippen LogP contribution in [0.25, 0.3) is 0 Å². The van der Waals surface area contributed by atoms with Gasteiger partial charge in [0.25, 0.3) is 5.89 Å². The number of likely N-dealkylation sites (tertiary alicyclic amines) is 1. The second-order valence-corrected chi connectivity index (χ2v) is 6.57. The molecular weight excluding hydrogens is 326 g/mol. The summed E-state index contributed by atoms with van der Waals surface area (Å²) in [5.41, 5.74) is 2.13. The van der Waals surface area contributed by atoms with E-state index in [1.165, 1.54) is 0 Å². The lowest BCUT2D eigenvalue weighted by atomic mass is 10.0. The SMILES string of the molecule is O=C1CCCCN1C(c1ccccc1)c1nc(Cc2ccccc2)no1. The predicted molar refractivity (Wildman–Crippen MR) is 97.4 cm³/mol. The second-order valence-electron chi connectivity index (χ2n) is 6.57. The van der Waals surface area contributed by atoms with Crippen LogP contribution in [-0.2, 0) is 11.2 Å². The topological polar surface area (TPSA) is 59.2 Å². The van der Waals surface area contributed by atoms with Crippen LogP contribution in [0.5, 0.6) is 0 Å². The van der Waals surface area contributed by atoms with Crippen molar-refractivity contribution in [3.05, 3.63) is 83.5 Å². The maximum atomic E-state index is 12.5. The smallest absolute Gasteiger partial charge is 0.254 e. The van der Waals surface area contributed by atoms with Crippen molar-refractivity contribution in [1.82, 2.24) is 15.0 Å². The molecular formula is C21H21N3O2. The van der Waals surface area contributed by atoms with Gasteiger partial charge >= 0.3 is 0 Å². The van der Waals surface area contributed by atoms with E-state index in [2.05, 4.69) is 10.1 Å². The lowest BCUT2D eigenvalue weighted by Crippen LogP contribution is -2.39. The van der Waals surface area contributed by atoms with Crippen LogP contribution in [0.3, 0.4) is 0 Å². The summed E-state index contributed by atoms with van der Waals surface area (Å²) in [6.45, 7) is 0.717. The van der Waals surface area contributed by atoms with Crippen molar-refractivity contribution >= 4 is 5.91 Å². The number of piperidine rings is 1. The van der Waals surface area contributed by atoms with Gasteiger partial charge in [0.15, 0.2) is 5.82 Å². The normalized spacial score (nSPS) is 15.8. The van der Waals surface area contributed by atoms with Crippen LogP contribution in [-0.4, -0.2) is 27.5 Å². The summed E-state index contributed by atoms with van der Waals surface area (Å²) in [7, 11) is 0. The molecule has 1 fully saturated rings. The van der Waals surface area contributed by atoms with E-state index >= 15 is 0 Å². The molecule has 1 unspecified atom stereocenters. The van der Waals surface area contributed by atoms with Crippen molar-refractivity contribution in [2.45, 2.75) is 31.7 Å². The minimum atomic E-state index is -0.318. The van der Waals surface area contributed by atoms with Crippen molar-refractivity contribution in [2.24, 2.45) is 0 Å². The Morgan fingerprint density at radius 1 is 1.00 bits per heavy atom. The Bertz CT molecular complexity index is 861. The Morgan fingerprint density at radius 2 is 1.73 bits per heavy atom. The summed E-state index contributed by atoms with van der Waals surface area (Å²) >= 11 is 0. The Morgan fingerprint density at radius 3 is 2.46 bits per heavy atom. The number of carbonyl (C=O) groups is 1. The molecule has 3 aromatic rings. The summed E-state index contributed by atoms with van der Waals surface area (Å²) < 4.78 is 5.60. The number of hydrogen-bond donors (Lipinski definition) is 0. The average Bonchev–Trinajstić information content (AvgIpc) is 3.13. The zero-order chi connectivity index (χ0) is 17.8. The van der Waals surface area contributed by atoms with Crippen LogP contribution in [0.4, 0.5) is 0 Å². The molecule has 26 heavy (non-hydrogen) atoms. The van der Waals surface area contributed by atoms with E-state index < -0.39 is 0 Å². The molecule has 5 nitrogen and oxygen atoms in total. The van der Waals surface area contributed by atoms with Gasteiger partial charge in [0.1, 0.15) is 6.04 Å². The fourth-order valence-electron chi connectivity index (χ4n) is 3.42. The van der Waals surface area contributed by atoms with Crippen LogP contribution in [0.2, 0.25) is 0 Å². The van der Waals surface area contributed by atoms with Gasteiger partial charge in [0, 0.05) is 19.4 Å². The van der Waals surface area contributed by atoms with Crippen molar-refractivity contribution in [2.75, 3.05) is 6.54 Å². The van der Waals surface area contributed by atoms with Gasteiger partial charge in [0.05, 0.1) is 0 Å². The van der Waals surface area contributed by atoms with Crippen molar-refractivity contribution < 1.29 is 9.32 Å². The van der Waals surface area contributed by atoms with Gasteiger partial charge in [-0.05, 0) is 24.0 Å². The van der Waals surface area contributed by atoms with Gasteiger partial charge in [-0.1, -0.05) is 65.8 Å². The third-order valence-corrected chi connectivity index (χ3v) is 4.71. The Labute approximate surface area is 152 Å². The van der Waals surface area contributed by atoms with Crippen LogP contribution in [0.1, 0.15) is 48.1 Å². The molecule has 2 heterocycles. The van der Waals surface area contributed by atoms with E-state index in [1.807, 2.05) is 65.6 Å². The van der Waals surface area contributed by atoms with E-state index in [0.29, 0.717) is 24.6 Å². The molecule has 1 atom stereocenters. The van der Waals surface area contributed by atoms with Crippen molar-refractivity contribution in [3.63, 3.8) is 0 Å². The quantitative estimate of drug-likeness (QED) is 0.705. The maximum absolute atomic E-state index is 12.5. The first-order valence-electron chi connectivity index (χ1n) is 9.02. The van der Waals surface area contributed by atoms with Crippen LogP contribution < -0.4 is 0 Å². The van der Waals surface area contributed by atoms with E-state index in [-0.39, 0.29) is 11.9 Å². The molecule has 4 rings (SSSR count). The molecule has 0 aliphatic carbocycles. The summed E-state index contributed by atoms with van der Waals surface area (Å²) in [5.74, 6) is 1.27. The first kappa shape index (κ1) is 16.5. The molecule has 1 aliphatic rings. The number of nitrogens with zero attached hydrogens (tertiary/aromatic N) is 3. The fourth-order valence-corrected chi connectivity index (χ4v) is 3.42.